The molecule has 0 atom stereocenters. The lowest BCUT2D eigenvalue weighted by Crippen LogP contribution is -2.28. The Morgan fingerprint density at radius 1 is 1.09 bits per heavy atom. The van der Waals surface area contributed by atoms with Crippen molar-refractivity contribution < 1.29 is 36.7 Å². The summed E-state index contributed by atoms with van der Waals surface area (Å²) in [7, 11) is 0. The van der Waals surface area contributed by atoms with Crippen molar-refractivity contribution in [1.82, 2.24) is 15.6 Å². The second-order valence-electron chi connectivity index (χ2n) is 7.33. The van der Waals surface area contributed by atoms with Crippen LogP contribution < -0.4 is 20.1 Å². The van der Waals surface area contributed by atoms with E-state index < -0.39 is 18.0 Å². The maximum Gasteiger partial charge on any atom is 0.573 e. The molecule has 1 aromatic heterocycles. The van der Waals surface area contributed by atoms with Gasteiger partial charge < -0.3 is 24.5 Å². The average molecular weight is 467 g/mol. The maximum absolute atomic E-state index is 12.2. The van der Waals surface area contributed by atoms with E-state index in [-0.39, 0.29) is 36.4 Å². The Morgan fingerprint density at radius 2 is 1.85 bits per heavy atom. The average Bonchev–Trinajstić information content (AvgIpc) is 3.26. The number of nitrogens with zero attached hydrogens (tertiary/aromatic N) is 1. The smallest absolute Gasteiger partial charge is 0.484 e. The Hall–Kier alpha value is -3.50. The Bertz CT molecular complexity index is 970. The van der Waals surface area contributed by atoms with Gasteiger partial charge in [0.25, 0.3) is 11.8 Å². The lowest BCUT2D eigenvalue weighted by Gasteiger charge is -2.12. The molecule has 2 aromatic rings. The number of aromatic nitrogens is 1. The summed E-state index contributed by atoms with van der Waals surface area (Å²) in [5.41, 5.74) is 1.48. The first-order valence-electron chi connectivity index (χ1n) is 10.4. The van der Waals surface area contributed by atoms with Crippen molar-refractivity contribution in [2.24, 2.45) is 0 Å². The van der Waals surface area contributed by atoms with Gasteiger partial charge in [-0.3, -0.25) is 9.59 Å². The number of amides is 2. The molecule has 0 fully saturated rings. The fourth-order valence-corrected chi connectivity index (χ4v) is 3.17. The van der Waals surface area contributed by atoms with Crippen molar-refractivity contribution in [3.05, 3.63) is 53.8 Å². The van der Waals surface area contributed by atoms with Crippen LogP contribution in [0.5, 0.6) is 11.5 Å². The van der Waals surface area contributed by atoms with E-state index in [0.29, 0.717) is 6.54 Å². The van der Waals surface area contributed by atoms with E-state index >= 15 is 0 Å². The highest BCUT2D eigenvalue weighted by Gasteiger charge is 2.31. The van der Waals surface area contributed by atoms with Crippen molar-refractivity contribution >= 4 is 11.8 Å². The summed E-state index contributed by atoms with van der Waals surface area (Å²) in [6, 6.07) is 4.65. The molecule has 1 aliphatic carbocycles. The molecule has 8 nitrogen and oxygen atoms in total. The minimum absolute atomic E-state index is 0.0548. The van der Waals surface area contributed by atoms with Crippen LogP contribution in [-0.2, 0) is 11.3 Å². The Kier molecular flexibility index (Phi) is 8.34. The zero-order valence-corrected chi connectivity index (χ0v) is 17.7. The van der Waals surface area contributed by atoms with Gasteiger partial charge in [-0.05, 0) is 56.4 Å². The summed E-state index contributed by atoms with van der Waals surface area (Å²) in [5.74, 6) is -0.908. The predicted octanol–water partition coefficient (Wildman–Crippen LogP) is 3.89. The number of hydrogen-bond donors (Lipinski definition) is 2. The Balaban J connectivity index is 1.35. The van der Waals surface area contributed by atoms with Crippen LogP contribution in [0, 0.1) is 0 Å². The maximum atomic E-state index is 12.2. The molecule has 0 unspecified atom stereocenters. The van der Waals surface area contributed by atoms with Crippen LogP contribution in [-0.4, -0.2) is 36.3 Å². The molecule has 3 rings (SSSR count). The van der Waals surface area contributed by atoms with E-state index in [1.54, 1.807) is 0 Å². The molecule has 2 N–H and O–H groups in total. The van der Waals surface area contributed by atoms with Gasteiger partial charge in [-0.2, -0.15) is 0 Å². The van der Waals surface area contributed by atoms with Crippen LogP contribution in [0.25, 0.3) is 0 Å². The third-order valence-electron chi connectivity index (χ3n) is 4.77. The molecule has 0 saturated heterocycles. The first kappa shape index (κ1) is 24.1. The quantitative estimate of drug-likeness (QED) is 0.514. The summed E-state index contributed by atoms with van der Waals surface area (Å²) in [4.78, 5) is 28.1. The number of ether oxygens (including phenoxy) is 2. The van der Waals surface area contributed by atoms with Gasteiger partial charge in [0.15, 0.2) is 12.3 Å². The van der Waals surface area contributed by atoms with Gasteiger partial charge >= 0.3 is 6.36 Å². The zero-order valence-electron chi connectivity index (χ0n) is 17.7. The second-order valence-corrected chi connectivity index (χ2v) is 7.33. The SMILES string of the molecule is O=C(COc1ccc(OC(F)(F)F)cc1)NCc1nc(C(=O)NCCC2=CCCCC2)co1. The van der Waals surface area contributed by atoms with Crippen LogP contribution in [0.1, 0.15) is 48.5 Å². The third kappa shape index (κ3) is 8.51. The molecule has 1 heterocycles. The minimum atomic E-state index is -4.78. The second kappa shape index (κ2) is 11.4. The molecule has 0 spiro atoms. The number of allylic oxidation sites excluding steroid dienone is 1. The highest BCUT2D eigenvalue weighted by atomic mass is 19.4. The number of nitrogens with one attached hydrogen (secondary N) is 2. The normalized spacial score (nSPS) is 13.7. The lowest BCUT2D eigenvalue weighted by molar-refractivity contribution is -0.274. The fraction of sp³-hybridized carbons (Fsp3) is 0.409. The third-order valence-corrected chi connectivity index (χ3v) is 4.77. The van der Waals surface area contributed by atoms with Crippen LogP contribution in [0.4, 0.5) is 13.2 Å². The number of halogens is 3. The summed E-state index contributed by atoms with van der Waals surface area (Å²) in [5, 5.41) is 5.32. The number of hydrogen-bond acceptors (Lipinski definition) is 6. The first-order chi connectivity index (χ1) is 15.8. The Morgan fingerprint density at radius 3 is 2.55 bits per heavy atom. The van der Waals surface area contributed by atoms with E-state index in [1.165, 1.54) is 36.8 Å². The van der Waals surface area contributed by atoms with Gasteiger partial charge in [0, 0.05) is 6.54 Å². The molecule has 0 radical (unpaired) electrons. The molecule has 11 heteroatoms. The van der Waals surface area contributed by atoms with Crippen LogP contribution in [0.2, 0.25) is 0 Å². The van der Waals surface area contributed by atoms with Crippen molar-refractivity contribution in [1.29, 1.82) is 0 Å². The number of carbonyl (C=O) groups excluding carboxylic acids is 2. The summed E-state index contributed by atoms with van der Waals surface area (Å²) in [6.45, 7) is 0.0916. The van der Waals surface area contributed by atoms with E-state index in [9.17, 15) is 22.8 Å². The number of carbonyl (C=O) groups is 2. The lowest BCUT2D eigenvalue weighted by atomic mass is 9.97. The van der Waals surface area contributed by atoms with Crippen molar-refractivity contribution in [3.8, 4) is 11.5 Å². The fourth-order valence-electron chi connectivity index (χ4n) is 3.17. The number of rotatable bonds is 10. The molecule has 0 aliphatic heterocycles. The number of benzene rings is 1. The van der Waals surface area contributed by atoms with Gasteiger partial charge in [-0.1, -0.05) is 11.6 Å². The highest BCUT2D eigenvalue weighted by molar-refractivity contribution is 5.91. The highest BCUT2D eigenvalue weighted by Crippen LogP contribution is 2.24. The monoisotopic (exact) mass is 467 g/mol. The molecule has 2 amide bonds. The Labute approximate surface area is 188 Å². The first-order valence-corrected chi connectivity index (χ1v) is 10.4. The van der Waals surface area contributed by atoms with Gasteiger partial charge in [0.1, 0.15) is 17.8 Å². The molecule has 0 saturated carbocycles. The molecule has 1 aliphatic rings. The molecule has 1 aromatic carbocycles. The topological polar surface area (TPSA) is 103 Å². The summed E-state index contributed by atoms with van der Waals surface area (Å²) >= 11 is 0. The predicted molar refractivity (Wildman–Crippen MR) is 110 cm³/mol. The van der Waals surface area contributed by atoms with Crippen LogP contribution >= 0.6 is 0 Å². The largest absolute Gasteiger partial charge is 0.573 e. The van der Waals surface area contributed by atoms with E-state index in [2.05, 4.69) is 26.4 Å². The van der Waals surface area contributed by atoms with Crippen molar-refractivity contribution in [2.75, 3.05) is 13.2 Å². The van der Waals surface area contributed by atoms with Crippen molar-refractivity contribution in [2.45, 2.75) is 45.0 Å². The molecule has 0 bridgehead atoms. The van der Waals surface area contributed by atoms with E-state index in [0.717, 1.165) is 31.4 Å². The van der Waals surface area contributed by atoms with Gasteiger partial charge in [-0.15, -0.1) is 13.2 Å². The van der Waals surface area contributed by atoms with Gasteiger partial charge in [0.05, 0.1) is 6.54 Å². The van der Waals surface area contributed by atoms with E-state index in [1.807, 2.05) is 0 Å². The molecule has 178 valence electrons. The molecular formula is C22H24F3N3O5. The van der Waals surface area contributed by atoms with Gasteiger partial charge in [0.2, 0.25) is 5.89 Å². The minimum Gasteiger partial charge on any atom is -0.484 e. The zero-order chi connectivity index (χ0) is 23.7. The standard InChI is InChI=1S/C22H24F3N3O5/c23-22(24,25)33-17-8-6-16(7-9-17)31-14-19(29)27-12-20-28-18(13-32-20)21(30)26-11-10-15-4-2-1-3-5-15/h4,6-9,13H,1-3,5,10-12,14H2,(H,26,30)(H,27,29). The van der Waals surface area contributed by atoms with Crippen LogP contribution in [0.3, 0.4) is 0 Å². The number of alkyl halides is 3. The molecular weight excluding hydrogens is 443 g/mol. The number of oxazole rings is 1. The van der Waals surface area contributed by atoms with E-state index in [4.69, 9.17) is 9.15 Å². The summed E-state index contributed by atoms with van der Waals surface area (Å²) in [6.07, 6.45) is 4.05. The van der Waals surface area contributed by atoms with Crippen molar-refractivity contribution in [3.63, 3.8) is 0 Å². The van der Waals surface area contributed by atoms with Gasteiger partial charge in [-0.25, -0.2) is 4.98 Å². The summed E-state index contributed by atoms with van der Waals surface area (Å²) < 4.78 is 50.6. The van der Waals surface area contributed by atoms with Crippen LogP contribution in [0.15, 0.2) is 46.6 Å². The molecule has 33 heavy (non-hydrogen) atoms.